The fourth-order valence-electron chi connectivity index (χ4n) is 2.53. The number of hydrogen-bond acceptors (Lipinski definition) is 2. The van der Waals surface area contributed by atoms with Crippen molar-refractivity contribution in [1.29, 1.82) is 0 Å². The second-order valence-electron chi connectivity index (χ2n) is 5.11. The van der Waals surface area contributed by atoms with Crippen LogP contribution >= 0.6 is 15.9 Å². The molecule has 0 fully saturated rings. The number of carbonyl (C=O) groups is 1. The molecule has 21 heavy (non-hydrogen) atoms. The highest BCUT2D eigenvalue weighted by atomic mass is 79.9. The van der Waals surface area contributed by atoms with E-state index in [-0.39, 0.29) is 11.7 Å². The molecule has 0 radical (unpaired) electrons. The predicted octanol–water partition coefficient (Wildman–Crippen LogP) is 3.52. The van der Waals surface area contributed by atoms with Crippen LogP contribution in [0.15, 0.2) is 40.9 Å². The molecular weight excluding hydrogens is 335 g/mol. The van der Waals surface area contributed by atoms with Crippen molar-refractivity contribution in [2.75, 3.05) is 5.32 Å². The monoisotopic (exact) mass is 348 g/mol. The summed E-state index contributed by atoms with van der Waals surface area (Å²) in [7, 11) is 0. The van der Waals surface area contributed by atoms with E-state index in [9.17, 15) is 9.18 Å². The Kier molecular flexibility index (Phi) is 3.78. The van der Waals surface area contributed by atoms with Gasteiger partial charge < -0.3 is 11.1 Å². The van der Waals surface area contributed by atoms with Crippen LogP contribution in [0.5, 0.6) is 0 Å². The minimum atomic E-state index is -0.537. The summed E-state index contributed by atoms with van der Waals surface area (Å²) in [5.41, 5.74) is 9.34. The summed E-state index contributed by atoms with van der Waals surface area (Å²) in [5.74, 6) is -0.297. The number of hydrogen-bond donors (Lipinski definition) is 2. The number of nitrogens with two attached hydrogens (primary N) is 1. The standard InChI is InChI=1S/C16H14BrFN2O/c17-11-3-4-13(18)12(8-11)16(19)10-1-5-14-9(7-10)2-6-15(21)20-14/h1,3-5,7-8,16H,2,6,19H2,(H,20,21). The van der Waals surface area contributed by atoms with Crippen molar-refractivity contribution in [3.63, 3.8) is 0 Å². The van der Waals surface area contributed by atoms with Gasteiger partial charge in [-0.3, -0.25) is 4.79 Å². The van der Waals surface area contributed by atoms with E-state index in [1.54, 1.807) is 12.1 Å². The molecule has 0 aromatic heterocycles. The van der Waals surface area contributed by atoms with Crippen LogP contribution in [0.2, 0.25) is 0 Å². The van der Waals surface area contributed by atoms with Crippen LogP contribution < -0.4 is 11.1 Å². The Hall–Kier alpha value is -1.72. The van der Waals surface area contributed by atoms with Crippen molar-refractivity contribution < 1.29 is 9.18 Å². The molecule has 1 aliphatic heterocycles. The summed E-state index contributed by atoms with van der Waals surface area (Å²) in [4.78, 5) is 11.4. The number of rotatable bonds is 2. The fraction of sp³-hybridized carbons (Fsp3) is 0.188. The van der Waals surface area contributed by atoms with E-state index in [0.717, 1.165) is 21.3 Å². The molecule has 5 heteroatoms. The number of halogens is 2. The molecule has 1 heterocycles. The highest BCUT2D eigenvalue weighted by Crippen LogP contribution is 2.30. The predicted molar refractivity (Wildman–Crippen MR) is 83.5 cm³/mol. The largest absolute Gasteiger partial charge is 0.326 e. The normalized spacial score (nSPS) is 15.3. The van der Waals surface area contributed by atoms with Gasteiger partial charge in [-0.05, 0) is 41.8 Å². The minimum absolute atomic E-state index is 0.0255. The molecule has 0 bridgehead atoms. The lowest BCUT2D eigenvalue weighted by Gasteiger charge is -2.20. The zero-order chi connectivity index (χ0) is 15.0. The zero-order valence-electron chi connectivity index (χ0n) is 11.2. The van der Waals surface area contributed by atoms with Crippen molar-refractivity contribution in [2.24, 2.45) is 5.73 Å². The van der Waals surface area contributed by atoms with E-state index in [0.29, 0.717) is 18.4 Å². The van der Waals surface area contributed by atoms with Crippen molar-refractivity contribution in [2.45, 2.75) is 18.9 Å². The molecule has 2 aromatic rings. The van der Waals surface area contributed by atoms with Gasteiger partial charge in [0, 0.05) is 22.1 Å². The van der Waals surface area contributed by atoms with Crippen LogP contribution in [-0.4, -0.2) is 5.91 Å². The highest BCUT2D eigenvalue weighted by Gasteiger charge is 2.19. The van der Waals surface area contributed by atoms with Crippen molar-refractivity contribution in [3.05, 3.63) is 63.4 Å². The maximum Gasteiger partial charge on any atom is 0.224 e. The average molecular weight is 349 g/mol. The van der Waals surface area contributed by atoms with Crippen molar-refractivity contribution >= 4 is 27.5 Å². The van der Waals surface area contributed by atoms with Gasteiger partial charge in [0.1, 0.15) is 5.82 Å². The zero-order valence-corrected chi connectivity index (χ0v) is 12.8. The van der Waals surface area contributed by atoms with E-state index in [4.69, 9.17) is 5.73 Å². The van der Waals surface area contributed by atoms with E-state index < -0.39 is 6.04 Å². The van der Waals surface area contributed by atoms with E-state index in [1.807, 2.05) is 18.2 Å². The summed E-state index contributed by atoms with van der Waals surface area (Å²) in [6, 6.07) is 9.81. The molecular formula is C16H14BrFN2O. The Morgan fingerprint density at radius 3 is 2.81 bits per heavy atom. The third-order valence-electron chi connectivity index (χ3n) is 3.68. The minimum Gasteiger partial charge on any atom is -0.326 e. The second-order valence-corrected chi connectivity index (χ2v) is 6.02. The van der Waals surface area contributed by atoms with Gasteiger partial charge in [-0.25, -0.2) is 4.39 Å². The lowest BCUT2D eigenvalue weighted by molar-refractivity contribution is -0.116. The summed E-state index contributed by atoms with van der Waals surface area (Å²) in [6.07, 6.45) is 1.15. The molecule has 1 atom stereocenters. The SMILES string of the molecule is NC(c1ccc2c(c1)CCC(=O)N2)c1cc(Br)ccc1F. The number of nitrogens with one attached hydrogen (secondary N) is 1. The van der Waals surface area contributed by atoms with Gasteiger partial charge in [0.2, 0.25) is 5.91 Å². The van der Waals surface area contributed by atoms with Crippen LogP contribution in [0.3, 0.4) is 0 Å². The lowest BCUT2D eigenvalue weighted by atomic mass is 9.94. The summed E-state index contributed by atoms with van der Waals surface area (Å²) in [5, 5.41) is 2.82. The molecule has 3 rings (SSSR count). The summed E-state index contributed by atoms with van der Waals surface area (Å²) in [6.45, 7) is 0. The number of aryl methyl sites for hydroxylation is 1. The van der Waals surface area contributed by atoms with E-state index in [1.165, 1.54) is 6.07 Å². The van der Waals surface area contributed by atoms with Gasteiger partial charge in [-0.15, -0.1) is 0 Å². The quantitative estimate of drug-likeness (QED) is 0.872. The molecule has 1 amide bonds. The van der Waals surface area contributed by atoms with Crippen LogP contribution in [0.25, 0.3) is 0 Å². The maximum atomic E-state index is 13.9. The average Bonchev–Trinajstić information content (AvgIpc) is 2.48. The van der Waals surface area contributed by atoms with Gasteiger partial charge in [0.15, 0.2) is 0 Å². The molecule has 0 aliphatic carbocycles. The molecule has 1 aliphatic rings. The molecule has 0 spiro atoms. The van der Waals surface area contributed by atoms with Crippen LogP contribution in [0.1, 0.15) is 29.2 Å². The van der Waals surface area contributed by atoms with Gasteiger partial charge >= 0.3 is 0 Å². The number of amides is 1. The molecule has 0 saturated heterocycles. The Morgan fingerprint density at radius 2 is 2.00 bits per heavy atom. The Morgan fingerprint density at radius 1 is 1.19 bits per heavy atom. The van der Waals surface area contributed by atoms with E-state index in [2.05, 4.69) is 21.2 Å². The highest BCUT2D eigenvalue weighted by molar-refractivity contribution is 9.10. The third-order valence-corrected chi connectivity index (χ3v) is 4.17. The molecule has 0 saturated carbocycles. The first-order valence-corrected chi connectivity index (χ1v) is 7.47. The van der Waals surface area contributed by atoms with E-state index >= 15 is 0 Å². The summed E-state index contributed by atoms with van der Waals surface area (Å²) >= 11 is 3.33. The molecule has 2 aromatic carbocycles. The van der Waals surface area contributed by atoms with Gasteiger partial charge in [0.05, 0.1) is 6.04 Å². The molecule has 1 unspecified atom stereocenters. The molecule has 3 N–H and O–H groups in total. The first-order valence-electron chi connectivity index (χ1n) is 6.68. The molecule has 108 valence electrons. The Labute approximate surface area is 130 Å². The first kappa shape index (κ1) is 14.2. The van der Waals surface area contributed by atoms with Crippen LogP contribution in [0.4, 0.5) is 10.1 Å². The molecule has 3 nitrogen and oxygen atoms in total. The smallest absolute Gasteiger partial charge is 0.224 e. The maximum absolute atomic E-state index is 13.9. The number of benzene rings is 2. The Bertz CT molecular complexity index is 717. The van der Waals surface area contributed by atoms with Crippen molar-refractivity contribution in [3.8, 4) is 0 Å². The van der Waals surface area contributed by atoms with Crippen molar-refractivity contribution in [1.82, 2.24) is 0 Å². The first-order chi connectivity index (χ1) is 10.0. The second kappa shape index (κ2) is 5.58. The summed E-state index contributed by atoms with van der Waals surface area (Å²) < 4.78 is 14.7. The van der Waals surface area contributed by atoms with Gasteiger partial charge in [0.25, 0.3) is 0 Å². The Balaban J connectivity index is 1.97. The topological polar surface area (TPSA) is 55.1 Å². The van der Waals surface area contributed by atoms with Gasteiger partial charge in [-0.2, -0.15) is 0 Å². The fourth-order valence-corrected chi connectivity index (χ4v) is 2.91. The third kappa shape index (κ3) is 2.84. The van der Waals surface area contributed by atoms with Gasteiger partial charge in [-0.1, -0.05) is 28.1 Å². The lowest BCUT2D eigenvalue weighted by Crippen LogP contribution is -2.20. The number of anilines is 1. The number of carbonyl (C=O) groups excluding carboxylic acids is 1. The number of fused-ring (bicyclic) bond motifs is 1. The van der Waals surface area contributed by atoms with Crippen LogP contribution in [0, 0.1) is 5.82 Å². The van der Waals surface area contributed by atoms with Crippen LogP contribution in [-0.2, 0) is 11.2 Å².